The van der Waals surface area contributed by atoms with Crippen molar-refractivity contribution in [3.63, 3.8) is 0 Å². The molecule has 1 aromatic carbocycles. The van der Waals surface area contributed by atoms with Gasteiger partial charge in [0.05, 0.1) is 40.9 Å². The summed E-state index contributed by atoms with van der Waals surface area (Å²) in [6.07, 6.45) is 2.33. The highest BCUT2D eigenvalue weighted by molar-refractivity contribution is 7.10. The molecule has 5 heterocycles. The molecule has 3 aromatic heterocycles. The molecule has 2 amide bonds. The number of amides is 2. The summed E-state index contributed by atoms with van der Waals surface area (Å²) in [6, 6.07) is 8.70. The minimum absolute atomic E-state index is 0.0241. The number of hydrazine groups is 1. The van der Waals surface area contributed by atoms with Gasteiger partial charge in [0, 0.05) is 72.8 Å². The topological polar surface area (TPSA) is 146 Å². The Bertz CT molecular complexity index is 1960. The van der Waals surface area contributed by atoms with E-state index in [4.69, 9.17) is 28.9 Å². The molecule has 1 unspecified atom stereocenters. The highest BCUT2D eigenvalue weighted by Crippen LogP contribution is 2.42. The number of methoxy groups -OCH3 is 2. The number of benzene rings is 1. The Labute approximate surface area is 314 Å². The molecule has 2 aliphatic heterocycles. The van der Waals surface area contributed by atoms with Crippen LogP contribution in [-0.2, 0) is 47.9 Å². The Balaban J connectivity index is 1.46. The smallest absolute Gasteiger partial charge is 0.407 e. The molecule has 4 aromatic rings. The quantitative estimate of drug-likeness (QED) is 0.211. The van der Waals surface area contributed by atoms with Crippen LogP contribution < -0.4 is 10.7 Å². The third-order valence-electron chi connectivity index (χ3n) is 9.98. The van der Waals surface area contributed by atoms with Crippen molar-refractivity contribution in [1.82, 2.24) is 30.3 Å². The Morgan fingerprint density at radius 2 is 2.00 bits per heavy atom. The maximum Gasteiger partial charge on any atom is 0.407 e. The van der Waals surface area contributed by atoms with Gasteiger partial charge in [-0.15, -0.1) is 11.3 Å². The van der Waals surface area contributed by atoms with E-state index in [1.807, 2.05) is 18.4 Å². The number of rotatable bonds is 8. The minimum Gasteiger partial charge on any atom is -0.464 e. The van der Waals surface area contributed by atoms with Crippen LogP contribution in [0.15, 0.2) is 41.9 Å². The maximum atomic E-state index is 14.0. The molecule has 0 spiro atoms. The van der Waals surface area contributed by atoms with Crippen LogP contribution in [0.25, 0.3) is 33.4 Å². The zero-order valence-electron chi connectivity index (χ0n) is 31.6. The van der Waals surface area contributed by atoms with Crippen molar-refractivity contribution in [3.05, 3.63) is 58.2 Å². The molecule has 1 fully saturated rings. The lowest BCUT2D eigenvalue weighted by Crippen LogP contribution is -2.60. The van der Waals surface area contributed by atoms with Crippen molar-refractivity contribution < 1.29 is 33.3 Å². The standard InChI is InChI=1S/C39H50N6O7S/c1-8-44-32-14-13-25-17-27(32)28(35(44)26-11-9-15-40-34(26)24(3)50-7)19-39(4,5)22-52-37(47)29-12-10-16-45(43-29)36(46)30(18-33-41-31(25)21-53-33)42-38(48)51-20-23(2)49-6/h9,11,13-15,17,21,23-24,29-30,43H,8,10,12,16,18-20,22H2,1-7H3,(H,42,48)/t23-,24-,29-,30?/m0/s1. The van der Waals surface area contributed by atoms with Crippen molar-refractivity contribution in [2.75, 3.05) is 34.0 Å². The molecule has 0 saturated carbocycles. The van der Waals surface area contributed by atoms with Gasteiger partial charge in [-0.1, -0.05) is 19.9 Å². The number of cyclic esters (lactones) is 1. The van der Waals surface area contributed by atoms with E-state index in [1.165, 1.54) is 23.5 Å². The number of hydrogen-bond donors (Lipinski definition) is 2. The second kappa shape index (κ2) is 16.3. The van der Waals surface area contributed by atoms with Crippen LogP contribution in [0.2, 0.25) is 0 Å². The lowest BCUT2D eigenvalue weighted by Gasteiger charge is -2.35. The number of pyridine rings is 1. The van der Waals surface area contributed by atoms with Crippen molar-refractivity contribution in [2.45, 2.75) is 91.1 Å². The number of alkyl carbamates (subject to hydrolysis) is 1. The zero-order chi connectivity index (χ0) is 37.9. The molecule has 6 rings (SSSR count). The molecule has 14 heteroatoms. The largest absolute Gasteiger partial charge is 0.464 e. The summed E-state index contributed by atoms with van der Waals surface area (Å²) in [5.41, 5.74) is 9.40. The van der Waals surface area contributed by atoms with Crippen molar-refractivity contribution >= 4 is 40.2 Å². The number of ether oxygens (including phenoxy) is 4. The summed E-state index contributed by atoms with van der Waals surface area (Å²) in [5, 5.41) is 7.87. The summed E-state index contributed by atoms with van der Waals surface area (Å²) in [7, 11) is 3.22. The summed E-state index contributed by atoms with van der Waals surface area (Å²) in [5.74, 6) is -0.824. The lowest BCUT2D eigenvalue weighted by molar-refractivity contribution is -0.155. The Morgan fingerprint density at radius 3 is 2.75 bits per heavy atom. The molecular formula is C39H50N6O7S. The molecule has 284 valence electrons. The Morgan fingerprint density at radius 1 is 1.19 bits per heavy atom. The normalized spacial score (nSPS) is 20.4. The molecule has 6 bridgehead atoms. The van der Waals surface area contributed by atoms with Crippen LogP contribution in [0, 0.1) is 5.41 Å². The maximum absolute atomic E-state index is 14.0. The average Bonchev–Trinajstić information content (AvgIpc) is 3.76. The van der Waals surface area contributed by atoms with Gasteiger partial charge in [0.15, 0.2) is 0 Å². The van der Waals surface area contributed by atoms with E-state index in [2.05, 4.69) is 60.3 Å². The second-order valence-electron chi connectivity index (χ2n) is 14.6. The number of hydrogen-bond acceptors (Lipinski definition) is 11. The molecule has 0 radical (unpaired) electrons. The molecule has 2 aliphatic rings. The van der Waals surface area contributed by atoms with Crippen molar-refractivity contribution in [2.24, 2.45) is 5.41 Å². The number of nitrogens with zero attached hydrogens (tertiary/aromatic N) is 4. The number of nitrogens with one attached hydrogen (secondary N) is 2. The summed E-state index contributed by atoms with van der Waals surface area (Å²) in [4.78, 5) is 50.2. The van der Waals surface area contributed by atoms with Gasteiger partial charge in [-0.05, 0) is 69.9 Å². The van der Waals surface area contributed by atoms with E-state index in [0.717, 1.165) is 51.2 Å². The number of carbonyl (C=O) groups excluding carboxylic acids is 3. The Hall–Kier alpha value is -4.37. The van der Waals surface area contributed by atoms with Gasteiger partial charge in [0.2, 0.25) is 0 Å². The molecule has 13 nitrogen and oxygen atoms in total. The molecule has 1 saturated heterocycles. The number of carbonyl (C=O) groups is 3. The van der Waals surface area contributed by atoms with Crippen LogP contribution in [0.5, 0.6) is 0 Å². The summed E-state index contributed by atoms with van der Waals surface area (Å²) >= 11 is 1.42. The van der Waals surface area contributed by atoms with Crippen LogP contribution in [0.4, 0.5) is 4.79 Å². The molecule has 0 aliphatic carbocycles. The number of fused-ring (bicyclic) bond motifs is 6. The fraction of sp³-hybridized carbons (Fsp3) is 0.513. The monoisotopic (exact) mass is 746 g/mol. The summed E-state index contributed by atoms with van der Waals surface area (Å²) in [6.45, 7) is 11.4. The van der Waals surface area contributed by atoms with Gasteiger partial charge in [-0.2, -0.15) is 0 Å². The number of aryl methyl sites for hydroxylation is 1. The fourth-order valence-corrected chi connectivity index (χ4v) is 7.86. The van der Waals surface area contributed by atoms with Crippen LogP contribution >= 0.6 is 11.3 Å². The first-order valence-corrected chi connectivity index (χ1v) is 19.1. The van der Waals surface area contributed by atoms with E-state index < -0.39 is 35.5 Å². The van der Waals surface area contributed by atoms with E-state index in [9.17, 15) is 14.4 Å². The van der Waals surface area contributed by atoms with Crippen LogP contribution in [-0.4, -0.2) is 89.7 Å². The number of thiazole rings is 1. The summed E-state index contributed by atoms with van der Waals surface area (Å²) < 4.78 is 24.7. The SMILES string of the molecule is CCn1c(-c2cccnc2[C@H](C)OC)c2c3cc(ccc31)-c1csc(n1)CC(NC(=O)OC[C@H](C)OC)C(=O)N1CCC[C@H](N1)C(=O)OCC(C)(C)C2. The predicted octanol–water partition coefficient (Wildman–Crippen LogP) is 5.85. The highest BCUT2D eigenvalue weighted by atomic mass is 32.1. The first kappa shape index (κ1) is 38.4. The molecule has 2 N–H and O–H groups in total. The predicted molar refractivity (Wildman–Crippen MR) is 202 cm³/mol. The number of aromatic nitrogens is 3. The zero-order valence-corrected chi connectivity index (χ0v) is 32.4. The van der Waals surface area contributed by atoms with Crippen LogP contribution in [0.1, 0.15) is 69.8 Å². The van der Waals surface area contributed by atoms with E-state index in [1.54, 1.807) is 20.2 Å². The van der Waals surface area contributed by atoms with E-state index >= 15 is 0 Å². The Kier molecular flexibility index (Phi) is 11.8. The van der Waals surface area contributed by atoms with E-state index in [0.29, 0.717) is 30.8 Å². The first-order chi connectivity index (χ1) is 25.4. The molecule has 4 atom stereocenters. The van der Waals surface area contributed by atoms with Crippen molar-refractivity contribution in [1.29, 1.82) is 0 Å². The third kappa shape index (κ3) is 8.40. The first-order valence-electron chi connectivity index (χ1n) is 18.2. The lowest BCUT2D eigenvalue weighted by atomic mass is 9.84. The highest BCUT2D eigenvalue weighted by Gasteiger charge is 2.36. The van der Waals surface area contributed by atoms with E-state index in [-0.39, 0.29) is 31.8 Å². The fourth-order valence-electron chi connectivity index (χ4n) is 7.01. The van der Waals surface area contributed by atoms with Gasteiger partial charge in [0.25, 0.3) is 5.91 Å². The van der Waals surface area contributed by atoms with Gasteiger partial charge >= 0.3 is 12.1 Å². The van der Waals surface area contributed by atoms with Gasteiger partial charge in [-0.25, -0.2) is 15.2 Å². The van der Waals surface area contributed by atoms with Gasteiger partial charge in [-0.3, -0.25) is 19.6 Å². The van der Waals surface area contributed by atoms with Crippen molar-refractivity contribution in [3.8, 4) is 22.5 Å². The molecular weight excluding hydrogens is 697 g/mol. The minimum atomic E-state index is -1.00. The van der Waals surface area contributed by atoms with Crippen LogP contribution in [0.3, 0.4) is 0 Å². The average molecular weight is 747 g/mol. The third-order valence-corrected chi connectivity index (χ3v) is 10.9. The second-order valence-corrected chi connectivity index (χ2v) is 15.5. The van der Waals surface area contributed by atoms with Gasteiger partial charge < -0.3 is 28.8 Å². The van der Waals surface area contributed by atoms with Gasteiger partial charge in [0.1, 0.15) is 18.7 Å². The number of esters is 1. The molecule has 53 heavy (non-hydrogen) atoms.